The van der Waals surface area contributed by atoms with Gasteiger partial charge in [-0.25, -0.2) is 18.2 Å². The van der Waals surface area contributed by atoms with Crippen molar-refractivity contribution in [3.63, 3.8) is 0 Å². The highest BCUT2D eigenvalue weighted by molar-refractivity contribution is 7.90. The second-order valence-corrected chi connectivity index (χ2v) is 9.59. The molecular formula is C22H22N2O4S. The number of hydrogen-bond acceptors (Lipinski definition) is 4. The number of nitrogens with zero attached hydrogens (tertiary/aromatic N) is 1. The molecule has 4 rings (SSSR count). The normalized spacial score (nSPS) is 15.8. The predicted octanol–water partition coefficient (Wildman–Crippen LogP) is 4.29. The van der Waals surface area contributed by atoms with E-state index in [1.807, 2.05) is 18.2 Å². The number of fused-ring (bicyclic) bond motifs is 1. The van der Waals surface area contributed by atoms with E-state index in [0.717, 1.165) is 35.1 Å². The van der Waals surface area contributed by atoms with E-state index in [9.17, 15) is 18.3 Å². The highest BCUT2D eigenvalue weighted by Gasteiger charge is 2.18. The lowest BCUT2D eigenvalue weighted by Gasteiger charge is -2.11. The van der Waals surface area contributed by atoms with Crippen molar-refractivity contribution in [1.82, 2.24) is 9.97 Å². The van der Waals surface area contributed by atoms with E-state index in [-0.39, 0.29) is 10.5 Å². The van der Waals surface area contributed by atoms with Crippen molar-refractivity contribution in [2.45, 2.75) is 30.6 Å². The van der Waals surface area contributed by atoms with Gasteiger partial charge in [-0.1, -0.05) is 31.1 Å². The van der Waals surface area contributed by atoms with Crippen LogP contribution in [0.5, 0.6) is 0 Å². The molecule has 2 aromatic heterocycles. The summed E-state index contributed by atoms with van der Waals surface area (Å²) in [5, 5.41) is 9.94. The third-order valence-corrected chi connectivity index (χ3v) is 6.53. The molecule has 1 fully saturated rings. The van der Waals surface area contributed by atoms with Gasteiger partial charge in [0.25, 0.3) is 0 Å². The van der Waals surface area contributed by atoms with Crippen LogP contribution in [-0.4, -0.2) is 35.7 Å². The number of allylic oxidation sites excluding steroid dienone is 1. The maximum Gasteiger partial charge on any atom is 0.337 e. The summed E-state index contributed by atoms with van der Waals surface area (Å²) < 4.78 is 23.6. The molecule has 0 aliphatic heterocycles. The van der Waals surface area contributed by atoms with Crippen molar-refractivity contribution >= 4 is 32.4 Å². The summed E-state index contributed by atoms with van der Waals surface area (Å²) in [6, 6.07) is 10.4. The Morgan fingerprint density at radius 2 is 1.83 bits per heavy atom. The van der Waals surface area contributed by atoms with E-state index < -0.39 is 15.8 Å². The van der Waals surface area contributed by atoms with Gasteiger partial charge in [-0.3, -0.25) is 0 Å². The van der Waals surface area contributed by atoms with Crippen LogP contribution in [0.15, 0.2) is 53.6 Å². The minimum atomic E-state index is -3.26. The van der Waals surface area contributed by atoms with Crippen LogP contribution in [0.25, 0.3) is 16.6 Å². The first kappa shape index (κ1) is 19.4. The molecule has 1 aliphatic rings. The fourth-order valence-electron chi connectivity index (χ4n) is 3.86. The van der Waals surface area contributed by atoms with Crippen molar-refractivity contribution < 1.29 is 18.3 Å². The molecule has 29 heavy (non-hydrogen) atoms. The van der Waals surface area contributed by atoms with Crippen LogP contribution in [0.1, 0.15) is 47.3 Å². The van der Waals surface area contributed by atoms with E-state index in [4.69, 9.17) is 0 Å². The molecule has 7 heteroatoms. The fraction of sp³-hybridized carbons (Fsp3) is 0.273. The number of carboxylic acids is 1. The SMILES string of the molecule is CS(=O)(=O)c1ccc(C(=CC2CCCC2)c2cc3cc(C(=O)O)cnc3[nH]2)cc1. The molecule has 0 bridgehead atoms. The van der Waals surface area contributed by atoms with Crippen molar-refractivity contribution in [3.8, 4) is 0 Å². The van der Waals surface area contributed by atoms with Gasteiger partial charge in [-0.15, -0.1) is 0 Å². The first-order valence-electron chi connectivity index (χ1n) is 9.56. The first-order valence-corrected chi connectivity index (χ1v) is 11.4. The zero-order valence-corrected chi connectivity index (χ0v) is 16.9. The Bertz CT molecular complexity index is 1200. The molecule has 0 radical (unpaired) electrons. The van der Waals surface area contributed by atoms with Crippen LogP contribution in [-0.2, 0) is 9.84 Å². The van der Waals surface area contributed by atoms with Gasteiger partial charge in [0.1, 0.15) is 5.65 Å². The van der Waals surface area contributed by atoms with Crippen LogP contribution in [0.4, 0.5) is 0 Å². The number of aromatic amines is 1. The lowest BCUT2D eigenvalue weighted by molar-refractivity contribution is 0.0696. The van der Waals surface area contributed by atoms with Crippen LogP contribution in [0.2, 0.25) is 0 Å². The number of carbonyl (C=O) groups is 1. The van der Waals surface area contributed by atoms with E-state index in [2.05, 4.69) is 16.0 Å². The Hall–Kier alpha value is -2.93. The number of nitrogens with one attached hydrogen (secondary N) is 1. The predicted molar refractivity (Wildman–Crippen MR) is 112 cm³/mol. The van der Waals surface area contributed by atoms with Crippen LogP contribution >= 0.6 is 0 Å². The zero-order valence-electron chi connectivity index (χ0n) is 16.1. The topological polar surface area (TPSA) is 100 Å². The summed E-state index contributed by atoms with van der Waals surface area (Å²) >= 11 is 0. The summed E-state index contributed by atoms with van der Waals surface area (Å²) in [5.74, 6) is -0.547. The van der Waals surface area contributed by atoms with E-state index in [0.29, 0.717) is 11.6 Å². The number of H-pyrrole nitrogens is 1. The van der Waals surface area contributed by atoms with Gasteiger partial charge in [0.15, 0.2) is 9.84 Å². The molecule has 1 saturated carbocycles. The molecule has 3 aromatic rings. The van der Waals surface area contributed by atoms with E-state index in [1.165, 1.54) is 25.3 Å². The maximum atomic E-state index is 11.8. The highest BCUT2D eigenvalue weighted by atomic mass is 32.2. The standard InChI is InChI=1S/C22H22N2O4S/c1-29(27,28)18-8-6-15(7-9-18)19(10-14-4-2-3-5-14)20-12-16-11-17(22(25)26)13-23-21(16)24-20/h6-14H,2-5H2,1H3,(H,23,24)(H,25,26). The van der Waals surface area contributed by atoms with Gasteiger partial charge >= 0.3 is 5.97 Å². The molecular weight excluding hydrogens is 388 g/mol. The third-order valence-electron chi connectivity index (χ3n) is 5.40. The van der Waals surface area contributed by atoms with Crippen molar-refractivity contribution in [3.05, 3.63) is 65.5 Å². The van der Waals surface area contributed by atoms with Gasteiger partial charge in [-0.2, -0.15) is 0 Å². The van der Waals surface area contributed by atoms with Gasteiger partial charge in [0.05, 0.1) is 10.5 Å². The summed E-state index contributed by atoms with van der Waals surface area (Å²) in [7, 11) is -3.26. The minimum absolute atomic E-state index is 0.141. The molecule has 2 N–H and O–H groups in total. The molecule has 1 aromatic carbocycles. The molecule has 0 atom stereocenters. The average molecular weight is 410 g/mol. The highest BCUT2D eigenvalue weighted by Crippen LogP contribution is 2.33. The molecule has 1 aliphatic carbocycles. The van der Waals surface area contributed by atoms with Gasteiger partial charge in [-0.05, 0) is 48.6 Å². The summed E-state index contributed by atoms with van der Waals surface area (Å²) in [4.78, 5) is 19.0. The van der Waals surface area contributed by atoms with E-state index >= 15 is 0 Å². The zero-order chi connectivity index (χ0) is 20.6. The molecule has 0 spiro atoms. The monoisotopic (exact) mass is 410 g/mol. The van der Waals surface area contributed by atoms with E-state index in [1.54, 1.807) is 18.2 Å². The van der Waals surface area contributed by atoms with Crippen molar-refractivity contribution in [2.75, 3.05) is 6.26 Å². The Kier molecular flexibility index (Phi) is 5.00. The van der Waals surface area contributed by atoms with Crippen LogP contribution in [0, 0.1) is 5.92 Å². The average Bonchev–Trinajstić information content (AvgIpc) is 3.34. The molecule has 2 heterocycles. The number of rotatable bonds is 5. The fourth-order valence-corrected chi connectivity index (χ4v) is 4.49. The van der Waals surface area contributed by atoms with Crippen LogP contribution < -0.4 is 0 Å². The summed E-state index contributed by atoms with van der Waals surface area (Å²) in [5.41, 5.74) is 3.49. The number of sulfone groups is 1. The number of aromatic carboxylic acids is 1. The largest absolute Gasteiger partial charge is 0.478 e. The lowest BCUT2D eigenvalue weighted by atomic mass is 9.96. The molecule has 0 saturated heterocycles. The van der Waals surface area contributed by atoms with Crippen molar-refractivity contribution in [1.29, 1.82) is 0 Å². The second-order valence-electron chi connectivity index (χ2n) is 7.57. The number of benzene rings is 1. The Morgan fingerprint density at radius 3 is 2.45 bits per heavy atom. The number of carboxylic acid groups (broad SMARTS) is 1. The van der Waals surface area contributed by atoms with Crippen molar-refractivity contribution in [2.24, 2.45) is 5.92 Å². The lowest BCUT2D eigenvalue weighted by Crippen LogP contribution is -1.98. The summed E-state index contributed by atoms with van der Waals surface area (Å²) in [6.45, 7) is 0. The quantitative estimate of drug-likeness (QED) is 0.654. The smallest absolute Gasteiger partial charge is 0.337 e. The summed E-state index contributed by atoms with van der Waals surface area (Å²) in [6.07, 6.45) is 9.45. The number of pyridine rings is 1. The molecule has 150 valence electrons. The minimum Gasteiger partial charge on any atom is -0.478 e. The molecule has 0 amide bonds. The van der Waals surface area contributed by atoms with Crippen LogP contribution in [0.3, 0.4) is 0 Å². The maximum absolute atomic E-state index is 11.8. The van der Waals surface area contributed by atoms with Gasteiger partial charge < -0.3 is 10.1 Å². The van der Waals surface area contributed by atoms with Gasteiger partial charge in [0, 0.05) is 29.1 Å². The molecule has 6 nitrogen and oxygen atoms in total. The Labute approximate surface area is 169 Å². The Morgan fingerprint density at radius 1 is 1.14 bits per heavy atom. The Balaban J connectivity index is 1.80. The third kappa shape index (κ3) is 4.10. The molecule has 0 unspecified atom stereocenters. The second kappa shape index (κ2) is 7.48. The van der Waals surface area contributed by atoms with Gasteiger partial charge in [0.2, 0.25) is 0 Å². The first-order chi connectivity index (χ1) is 13.8. The number of hydrogen-bond donors (Lipinski definition) is 2. The number of aromatic nitrogens is 2.